The zero-order chi connectivity index (χ0) is 36.8. The summed E-state index contributed by atoms with van der Waals surface area (Å²) in [6.07, 6.45) is 3.33. The van der Waals surface area contributed by atoms with Gasteiger partial charge in [-0.05, 0) is 54.5 Å². The van der Waals surface area contributed by atoms with Gasteiger partial charge in [0.05, 0.1) is 18.3 Å². The van der Waals surface area contributed by atoms with Crippen LogP contribution in [0.2, 0.25) is 0 Å². The topological polar surface area (TPSA) is 117 Å². The van der Waals surface area contributed by atoms with Crippen LogP contribution in [0.3, 0.4) is 0 Å². The van der Waals surface area contributed by atoms with Crippen molar-refractivity contribution in [2.75, 3.05) is 13.7 Å². The molecule has 0 saturated carbocycles. The Hall–Kier alpha value is -4.38. The predicted molar refractivity (Wildman–Crippen MR) is 202 cm³/mol. The Bertz CT molecular complexity index is 2010. The number of rotatable bonds is 16. The molecule has 5 aromatic rings. The molecule has 0 spiro atoms. The van der Waals surface area contributed by atoms with Gasteiger partial charge >= 0.3 is 16.0 Å². The first-order valence-corrected chi connectivity index (χ1v) is 19.2. The maximum absolute atomic E-state index is 14.8. The van der Waals surface area contributed by atoms with Gasteiger partial charge < -0.3 is 15.0 Å². The van der Waals surface area contributed by atoms with Gasteiger partial charge in [0.15, 0.2) is 0 Å². The molecule has 51 heavy (non-hydrogen) atoms. The van der Waals surface area contributed by atoms with E-state index in [9.17, 15) is 13.2 Å². The fraction of sp³-hybridized carbons (Fsp3) is 0.390. The summed E-state index contributed by atoms with van der Waals surface area (Å²) in [5, 5.41) is 0. The van der Waals surface area contributed by atoms with Gasteiger partial charge in [-0.3, -0.25) is 9.78 Å². The molecule has 0 fully saturated rings. The highest BCUT2D eigenvalue weighted by Crippen LogP contribution is 2.33. The average molecular weight is 711 g/mol. The normalized spacial score (nSPS) is 14.5. The van der Waals surface area contributed by atoms with Gasteiger partial charge in [-0.1, -0.05) is 100 Å². The zero-order valence-corrected chi connectivity index (χ0v) is 31.5. The number of nitrogens with two attached hydrogens (primary N) is 1. The number of quaternary nitrogens is 1. The van der Waals surface area contributed by atoms with Crippen molar-refractivity contribution in [3.8, 4) is 0 Å². The minimum Gasteiger partial charge on any atom is -0.458 e. The Labute approximate surface area is 303 Å². The van der Waals surface area contributed by atoms with Gasteiger partial charge in [-0.2, -0.15) is 8.42 Å². The lowest BCUT2D eigenvalue weighted by Gasteiger charge is -2.40. The summed E-state index contributed by atoms with van der Waals surface area (Å²) >= 11 is 0. The first-order valence-electron chi connectivity index (χ1n) is 17.8. The van der Waals surface area contributed by atoms with E-state index in [4.69, 9.17) is 15.5 Å². The van der Waals surface area contributed by atoms with Crippen LogP contribution in [-0.4, -0.2) is 58.5 Å². The number of benzene rings is 3. The second-order valence-corrected chi connectivity index (χ2v) is 16.9. The highest BCUT2D eigenvalue weighted by atomic mass is 32.2. The first kappa shape index (κ1) is 37.9. The Morgan fingerprint density at radius 3 is 2.06 bits per heavy atom. The fourth-order valence-electron chi connectivity index (χ4n) is 6.77. The van der Waals surface area contributed by atoms with E-state index in [1.165, 1.54) is 5.56 Å². The Morgan fingerprint density at radius 1 is 0.843 bits per heavy atom. The molecule has 0 amide bonds. The van der Waals surface area contributed by atoms with Crippen molar-refractivity contribution < 1.29 is 21.8 Å². The molecule has 0 saturated heterocycles. The quantitative estimate of drug-likeness (QED) is 0.0862. The summed E-state index contributed by atoms with van der Waals surface area (Å²) in [5.41, 5.74) is 11.8. The number of aryl methyl sites for hydroxylation is 1. The number of esters is 1. The monoisotopic (exact) mass is 710 g/mol. The average Bonchev–Trinajstić information content (AvgIpc) is 3.42. The molecule has 0 aliphatic heterocycles. The number of nitrogens with zero attached hydrogens (tertiary/aromatic N) is 4. The van der Waals surface area contributed by atoms with Crippen molar-refractivity contribution in [3.05, 3.63) is 125 Å². The number of fused-ring (bicyclic) bond motifs is 1. The number of carbonyl (C=O) groups excluding carboxylic acids is 1. The van der Waals surface area contributed by atoms with E-state index < -0.39 is 28.1 Å². The number of sulfonamides is 1. The van der Waals surface area contributed by atoms with E-state index in [2.05, 4.69) is 21.7 Å². The minimum atomic E-state index is -4.00. The molecule has 3 atom stereocenters. The third kappa shape index (κ3) is 8.92. The van der Waals surface area contributed by atoms with Gasteiger partial charge in [-0.25, -0.2) is 8.87 Å². The number of imidazole rings is 1. The molecule has 270 valence electrons. The number of ether oxygens (including phenoxy) is 1. The number of likely N-dealkylation sites (N-methyl/N-ethyl adjacent to an activating group) is 1. The van der Waals surface area contributed by atoms with Gasteiger partial charge in [0.25, 0.3) is 0 Å². The van der Waals surface area contributed by atoms with E-state index in [0.29, 0.717) is 25.8 Å². The minimum absolute atomic E-state index is 0.0601. The number of pyridine rings is 1. The van der Waals surface area contributed by atoms with Crippen molar-refractivity contribution in [1.29, 1.82) is 0 Å². The number of aromatic nitrogens is 3. The maximum Gasteiger partial charge on any atom is 0.327 e. The van der Waals surface area contributed by atoms with E-state index >= 15 is 0 Å². The van der Waals surface area contributed by atoms with Crippen molar-refractivity contribution in [2.45, 2.75) is 83.9 Å². The SMILES string of the molecule is Cc1nc2c(Cc3ccc(S(=O)(=O)[N+](C)(Cc4ccccc4)[C@H](COC(=O)[C@@H](N)CC(C)C)CC(C)C)cc3)nccc2n1Cc1ccccc1. The third-order valence-electron chi connectivity index (χ3n) is 9.56. The molecular weight excluding hydrogens is 659 g/mol. The summed E-state index contributed by atoms with van der Waals surface area (Å²) in [7, 11) is -2.26. The molecule has 1 unspecified atom stereocenters. The van der Waals surface area contributed by atoms with Crippen LogP contribution in [0.1, 0.15) is 68.7 Å². The standard InChI is InChI=1S/C41H52N5O4S/c1-29(2)23-35(28-50-41(47)37(42)24-30(3)4)46(6,27-34-15-11-8-12-16-34)51(48,49)36-19-17-32(18-20-36)25-38-40-39(21-22-43-38)45(31(5)44-40)26-33-13-9-7-10-14-33/h7-22,29-30,35,37H,23-28,42H2,1-6H3/q+1/t35-,37-,46?/m0/s1. The molecular formula is C41H52N5O4S+. The number of hydrogen-bond acceptors (Lipinski definition) is 7. The zero-order valence-electron chi connectivity index (χ0n) is 30.7. The van der Waals surface area contributed by atoms with E-state index in [0.717, 1.165) is 33.7 Å². The van der Waals surface area contributed by atoms with Gasteiger partial charge in [0.2, 0.25) is 0 Å². The summed E-state index contributed by atoms with van der Waals surface area (Å²) < 4.78 is 37.3. The third-order valence-corrected chi connectivity index (χ3v) is 12.0. The molecule has 5 rings (SSSR count). The van der Waals surface area contributed by atoms with Crippen LogP contribution in [0.5, 0.6) is 0 Å². The van der Waals surface area contributed by atoms with Gasteiger partial charge in [-0.15, -0.1) is 0 Å². The Balaban J connectivity index is 1.44. The Morgan fingerprint density at radius 2 is 1.45 bits per heavy atom. The summed E-state index contributed by atoms with van der Waals surface area (Å²) in [5.74, 6) is 0.780. The van der Waals surface area contributed by atoms with Gasteiger partial charge in [0, 0.05) is 31.1 Å². The summed E-state index contributed by atoms with van der Waals surface area (Å²) in [6, 6.07) is 27.7. The van der Waals surface area contributed by atoms with Crippen LogP contribution in [0.25, 0.3) is 11.0 Å². The molecule has 0 aliphatic carbocycles. The molecule has 2 heterocycles. The predicted octanol–water partition coefficient (Wildman–Crippen LogP) is 7.05. The van der Waals surface area contributed by atoms with Crippen molar-refractivity contribution in [1.82, 2.24) is 14.5 Å². The number of carbonyl (C=O) groups is 1. The molecule has 2 N–H and O–H groups in total. The van der Waals surface area contributed by atoms with Crippen molar-refractivity contribution >= 4 is 27.0 Å². The molecule has 10 heteroatoms. The maximum atomic E-state index is 14.8. The van der Waals surface area contributed by atoms with E-state index in [-0.39, 0.29) is 33.8 Å². The lowest BCUT2D eigenvalue weighted by Crippen LogP contribution is -2.58. The van der Waals surface area contributed by atoms with Gasteiger partial charge in [0.1, 0.15) is 41.5 Å². The summed E-state index contributed by atoms with van der Waals surface area (Å²) in [6.45, 7) is 11.0. The molecule has 0 bridgehead atoms. The van der Waals surface area contributed by atoms with Crippen LogP contribution in [0.15, 0.2) is 102 Å². The van der Waals surface area contributed by atoms with Crippen LogP contribution in [0, 0.1) is 18.8 Å². The highest BCUT2D eigenvalue weighted by Gasteiger charge is 2.47. The second-order valence-electron chi connectivity index (χ2n) is 14.6. The van der Waals surface area contributed by atoms with Crippen molar-refractivity contribution in [2.24, 2.45) is 17.6 Å². The largest absolute Gasteiger partial charge is 0.458 e. The van der Waals surface area contributed by atoms with Crippen LogP contribution < -0.4 is 5.73 Å². The van der Waals surface area contributed by atoms with Crippen LogP contribution in [0.4, 0.5) is 0 Å². The summed E-state index contributed by atoms with van der Waals surface area (Å²) in [4.78, 5) is 22.7. The molecule has 0 aliphatic rings. The molecule has 2 aromatic heterocycles. The Kier molecular flexibility index (Phi) is 12.1. The lowest BCUT2D eigenvalue weighted by molar-refractivity contribution is -0.828. The first-order chi connectivity index (χ1) is 24.3. The van der Waals surface area contributed by atoms with E-state index in [1.807, 2.05) is 108 Å². The lowest BCUT2D eigenvalue weighted by atomic mass is 10.0. The molecule has 3 aromatic carbocycles. The highest BCUT2D eigenvalue weighted by molar-refractivity contribution is 7.86. The van der Waals surface area contributed by atoms with Crippen molar-refractivity contribution in [3.63, 3.8) is 0 Å². The second kappa shape index (κ2) is 16.3. The number of hydrogen-bond donors (Lipinski definition) is 1. The van der Waals surface area contributed by atoms with E-state index in [1.54, 1.807) is 19.2 Å². The molecule has 0 radical (unpaired) electrons. The smallest absolute Gasteiger partial charge is 0.327 e. The molecule has 9 nitrogen and oxygen atoms in total. The van der Waals surface area contributed by atoms with Crippen LogP contribution >= 0.6 is 0 Å². The fourth-order valence-corrected chi connectivity index (χ4v) is 8.59. The van der Waals surface area contributed by atoms with Crippen LogP contribution in [-0.2, 0) is 39.1 Å².